The van der Waals surface area contributed by atoms with Crippen LogP contribution in [0.4, 0.5) is 5.69 Å². The van der Waals surface area contributed by atoms with Crippen molar-refractivity contribution in [3.05, 3.63) is 60.1 Å². The fraction of sp³-hybridized carbons (Fsp3) is 0.211. The Morgan fingerprint density at radius 2 is 2.12 bits per heavy atom. The maximum absolute atomic E-state index is 12.1. The summed E-state index contributed by atoms with van der Waals surface area (Å²) in [5.41, 5.74) is 2.30. The van der Waals surface area contributed by atoms with Crippen molar-refractivity contribution in [2.24, 2.45) is 0 Å². The highest BCUT2D eigenvalue weighted by molar-refractivity contribution is 6.01. The van der Waals surface area contributed by atoms with Gasteiger partial charge in [-0.25, -0.2) is 9.50 Å². The molecule has 0 aliphatic heterocycles. The first-order valence-electron chi connectivity index (χ1n) is 8.08. The standard InChI is InChI=1S/C19H20N4O2/c1-13(2)25-17-6-4-5-15(11-17)7-10-19(24)21-16-8-9-18-20-14(3)22-23(18)12-16/h4-13H,1-3H3,(H,21,24)/b10-7+. The number of hydrogen-bond donors (Lipinski definition) is 1. The molecular formula is C19H20N4O2. The van der Waals surface area contributed by atoms with Crippen LogP contribution in [0.3, 0.4) is 0 Å². The van der Waals surface area contributed by atoms with Gasteiger partial charge in [-0.2, -0.15) is 5.10 Å². The fourth-order valence-electron chi connectivity index (χ4n) is 2.39. The molecule has 1 aromatic carbocycles. The number of amides is 1. The molecule has 0 aliphatic carbocycles. The summed E-state index contributed by atoms with van der Waals surface area (Å²) in [6.07, 6.45) is 5.09. The van der Waals surface area contributed by atoms with Crippen LogP contribution in [0.25, 0.3) is 11.7 Å². The molecule has 6 nitrogen and oxygen atoms in total. The van der Waals surface area contributed by atoms with Gasteiger partial charge in [-0.3, -0.25) is 4.79 Å². The third-order valence-electron chi connectivity index (χ3n) is 3.36. The Labute approximate surface area is 146 Å². The molecule has 0 fully saturated rings. The number of nitrogens with zero attached hydrogens (tertiary/aromatic N) is 3. The maximum atomic E-state index is 12.1. The van der Waals surface area contributed by atoms with Crippen LogP contribution in [0.1, 0.15) is 25.2 Å². The van der Waals surface area contributed by atoms with Crippen molar-refractivity contribution in [1.82, 2.24) is 14.6 Å². The quantitative estimate of drug-likeness (QED) is 0.724. The lowest BCUT2D eigenvalue weighted by atomic mass is 10.2. The van der Waals surface area contributed by atoms with Crippen molar-refractivity contribution < 1.29 is 9.53 Å². The highest BCUT2D eigenvalue weighted by atomic mass is 16.5. The Hall–Kier alpha value is -3.15. The van der Waals surface area contributed by atoms with E-state index in [-0.39, 0.29) is 12.0 Å². The molecule has 1 N–H and O–H groups in total. The fourth-order valence-corrected chi connectivity index (χ4v) is 2.39. The average Bonchev–Trinajstić information content (AvgIpc) is 2.92. The summed E-state index contributed by atoms with van der Waals surface area (Å²) < 4.78 is 7.29. The van der Waals surface area contributed by atoms with E-state index in [1.165, 1.54) is 6.08 Å². The summed E-state index contributed by atoms with van der Waals surface area (Å²) in [7, 11) is 0. The molecule has 6 heteroatoms. The molecule has 128 valence electrons. The lowest BCUT2D eigenvalue weighted by Gasteiger charge is -2.09. The van der Waals surface area contributed by atoms with Crippen molar-refractivity contribution in [3.63, 3.8) is 0 Å². The van der Waals surface area contributed by atoms with Gasteiger partial charge in [-0.05, 0) is 56.7 Å². The summed E-state index contributed by atoms with van der Waals surface area (Å²) in [5.74, 6) is 1.25. The number of aryl methyl sites for hydroxylation is 1. The summed E-state index contributed by atoms with van der Waals surface area (Å²) in [5, 5.41) is 7.05. The summed E-state index contributed by atoms with van der Waals surface area (Å²) in [4.78, 5) is 16.4. The topological polar surface area (TPSA) is 68.5 Å². The highest BCUT2D eigenvalue weighted by Crippen LogP contribution is 2.16. The number of anilines is 1. The summed E-state index contributed by atoms with van der Waals surface area (Å²) in [6, 6.07) is 11.2. The smallest absolute Gasteiger partial charge is 0.248 e. The van der Waals surface area contributed by atoms with Gasteiger partial charge in [0.1, 0.15) is 11.6 Å². The molecule has 3 aromatic rings. The minimum Gasteiger partial charge on any atom is -0.491 e. The van der Waals surface area contributed by atoms with Crippen LogP contribution in [0.5, 0.6) is 5.75 Å². The number of carbonyl (C=O) groups is 1. The maximum Gasteiger partial charge on any atom is 0.248 e. The molecule has 0 unspecified atom stereocenters. The average molecular weight is 336 g/mol. The Kier molecular flexibility index (Phi) is 4.79. The Morgan fingerprint density at radius 3 is 2.92 bits per heavy atom. The number of hydrogen-bond acceptors (Lipinski definition) is 4. The molecule has 0 atom stereocenters. The first kappa shape index (κ1) is 16.7. The predicted molar refractivity (Wildman–Crippen MR) is 97.6 cm³/mol. The number of ether oxygens (including phenoxy) is 1. The van der Waals surface area contributed by atoms with Gasteiger partial charge < -0.3 is 10.1 Å². The number of nitrogens with one attached hydrogen (secondary N) is 1. The predicted octanol–water partition coefficient (Wildman–Crippen LogP) is 3.48. The van der Waals surface area contributed by atoms with Gasteiger partial charge in [0.25, 0.3) is 0 Å². The molecule has 0 radical (unpaired) electrons. The van der Waals surface area contributed by atoms with Gasteiger partial charge >= 0.3 is 0 Å². The second-order valence-electron chi connectivity index (χ2n) is 5.94. The van der Waals surface area contributed by atoms with Crippen LogP contribution in [-0.2, 0) is 4.79 Å². The lowest BCUT2D eigenvalue weighted by Crippen LogP contribution is -2.08. The van der Waals surface area contributed by atoms with E-state index in [2.05, 4.69) is 15.4 Å². The Bertz CT molecular complexity index is 928. The molecule has 2 aromatic heterocycles. The molecule has 0 bridgehead atoms. The van der Waals surface area contributed by atoms with Gasteiger partial charge in [0.2, 0.25) is 5.91 Å². The van der Waals surface area contributed by atoms with Gasteiger partial charge in [0, 0.05) is 6.08 Å². The van der Waals surface area contributed by atoms with Crippen LogP contribution in [0.2, 0.25) is 0 Å². The molecular weight excluding hydrogens is 316 g/mol. The molecule has 3 rings (SSSR count). The Morgan fingerprint density at radius 1 is 1.28 bits per heavy atom. The van der Waals surface area contributed by atoms with Gasteiger partial charge in [0.05, 0.1) is 18.0 Å². The van der Waals surface area contributed by atoms with E-state index >= 15 is 0 Å². The molecule has 1 amide bonds. The number of carbonyl (C=O) groups excluding carboxylic acids is 1. The zero-order valence-corrected chi connectivity index (χ0v) is 14.4. The second-order valence-corrected chi connectivity index (χ2v) is 5.94. The number of rotatable bonds is 5. The molecule has 0 saturated heterocycles. The van der Waals surface area contributed by atoms with E-state index in [0.29, 0.717) is 11.5 Å². The zero-order chi connectivity index (χ0) is 17.8. The second kappa shape index (κ2) is 7.17. The van der Waals surface area contributed by atoms with Crippen molar-refractivity contribution in [2.45, 2.75) is 26.9 Å². The van der Waals surface area contributed by atoms with Crippen molar-refractivity contribution in [1.29, 1.82) is 0 Å². The van der Waals surface area contributed by atoms with Gasteiger partial charge in [-0.1, -0.05) is 12.1 Å². The van der Waals surface area contributed by atoms with E-state index in [4.69, 9.17) is 4.74 Å². The third-order valence-corrected chi connectivity index (χ3v) is 3.36. The largest absolute Gasteiger partial charge is 0.491 e. The van der Waals surface area contributed by atoms with E-state index in [1.807, 2.05) is 51.1 Å². The molecule has 25 heavy (non-hydrogen) atoms. The first-order valence-corrected chi connectivity index (χ1v) is 8.08. The lowest BCUT2D eigenvalue weighted by molar-refractivity contribution is -0.111. The van der Waals surface area contributed by atoms with E-state index < -0.39 is 0 Å². The van der Waals surface area contributed by atoms with E-state index in [0.717, 1.165) is 17.0 Å². The third kappa shape index (κ3) is 4.44. The molecule has 2 heterocycles. The highest BCUT2D eigenvalue weighted by Gasteiger charge is 2.03. The Balaban J connectivity index is 1.67. The number of benzene rings is 1. The number of aromatic nitrogens is 3. The summed E-state index contributed by atoms with van der Waals surface area (Å²) >= 11 is 0. The van der Waals surface area contributed by atoms with Gasteiger partial charge in [0.15, 0.2) is 5.65 Å². The van der Waals surface area contributed by atoms with Crippen LogP contribution in [0.15, 0.2) is 48.7 Å². The number of fused-ring (bicyclic) bond motifs is 1. The first-order chi connectivity index (χ1) is 12.0. The SMILES string of the molecule is Cc1nc2ccc(NC(=O)/C=C/c3cccc(OC(C)C)c3)cn2n1. The van der Waals surface area contributed by atoms with Crippen molar-refractivity contribution in [2.75, 3.05) is 5.32 Å². The van der Waals surface area contributed by atoms with E-state index in [9.17, 15) is 4.79 Å². The van der Waals surface area contributed by atoms with E-state index in [1.54, 1.807) is 22.9 Å². The van der Waals surface area contributed by atoms with Crippen LogP contribution in [-0.4, -0.2) is 26.6 Å². The normalized spacial score (nSPS) is 11.4. The molecule has 0 aliphatic rings. The molecule has 0 saturated carbocycles. The van der Waals surface area contributed by atoms with Crippen molar-refractivity contribution >= 4 is 23.3 Å². The minimum absolute atomic E-state index is 0.109. The summed E-state index contributed by atoms with van der Waals surface area (Å²) in [6.45, 7) is 5.78. The zero-order valence-electron chi connectivity index (χ0n) is 14.4. The van der Waals surface area contributed by atoms with Gasteiger partial charge in [-0.15, -0.1) is 0 Å². The van der Waals surface area contributed by atoms with Crippen molar-refractivity contribution in [3.8, 4) is 5.75 Å². The van der Waals surface area contributed by atoms with Crippen LogP contribution < -0.4 is 10.1 Å². The molecule has 0 spiro atoms. The monoisotopic (exact) mass is 336 g/mol. The minimum atomic E-state index is -0.216. The number of pyridine rings is 1. The van der Waals surface area contributed by atoms with Crippen LogP contribution in [0, 0.1) is 6.92 Å². The van der Waals surface area contributed by atoms with Crippen LogP contribution >= 0.6 is 0 Å².